The molecule has 0 N–H and O–H groups in total. The Balaban J connectivity index is 1.80. The molecular formula is C21H19Cl2N5O3S. The van der Waals surface area contributed by atoms with Gasteiger partial charge in [0, 0.05) is 11.4 Å². The zero-order valence-corrected chi connectivity index (χ0v) is 19.8. The predicted molar refractivity (Wildman–Crippen MR) is 123 cm³/mol. The molecule has 0 bridgehead atoms. The van der Waals surface area contributed by atoms with Crippen LogP contribution in [-0.4, -0.2) is 39.1 Å². The first kappa shape index (κ1) is 22.4. The quantitative estimate of drug-likeness (QED) is 0.298. The van der Waals surface area contributed by atoms with Crippen LogP contribution in [0.2, 0.25) is 10.0 Å². The molecule has 0 saturated carbocycles. The molecular weight excluding hydrogens is 473 g/mol. The standard InChI is InChI=1S/C21H19Cl2N5O3S/c1-4-19-24-18(27-31-19)11-32-21-26-25-20(14-9-12(22)5-7-16(14)29-2)28(21)13-6-8-17(30-3)15(23)10-13/h5-10H,4,11H2,1-3H3. The Morgan fingerprint density at radius 2 is 1.81 bits per heavy atom. The number of aromatic nitrogens is 5. The fourth-order valence-electron chi connectivity index (χ4n) is 3.04. The first-order chi connectivity index (χ1) is 15.5. The lowest BCUT2D eigenvalue weighted by atomic mass is 10.2. The second kappa shape index (κ2) is 9.81. The molecule has 0 aliphatic carbocycles. The minimum absolute atomic E-state index is 0.457. The van der Waals surface area contributed by atoms with E-state index < -0.39 is 0 Å². The number of hydrogen-bond acceptors (Lipinski definition) is 8. The van der Waals surface area contributed by atoms with Crippen LogP contribution < -0.4 is 9.47 Å². The maximum atomic E-state index is 6.41. The summed E-state index contributed by atoms with van der Waals surface area (Å²) in [4.78, 5) is 4.36. The number of thioether (sulfide) groups is 1. The zero-order valence-electron chi connectivity index (χ0n) is 17.5. The van der Waals surface area contributed by atoms with Gasteiger partial charge in [-0.15, -0.1) is 10.2 Å². The number of methoxy groups -OCH3 is 2. The molecule has 4 aromatic rings. The number of rotatable bonds is 8. The van der Waals surface area contributed by atoms with Crippen LogP contribution in [0.5, 0.6) is 11.5 Å². The Bertz CT molecular complexity index is 1240. The molecule has 166 valence electrons. The lowest BCUT2D eigenvalue weighted by Crippen LogP contribution is -2.02. The van der Waals surface area contributed by atoms with Crippen molar-refractivity contribution < 1.29 is 14.0 Å². The van der Waals surface area contributed by atoms with Crippen molar-refractivity contribution in [1.29, 1.82) is 0 Å². The van der Waals surface area contributed by atoms with Crippen molar-refractivity contribution in [2.75, 3.05) is 14.2 Å². The predicted octanol–water partition coefficient (Wildman–Crippen LogP) is 5.50. The highest BCUT2D eigenvalue weighted by molar-refractivity contribution is 7.98. The van der Waals surface area contributed by atoms with Gasteiger partial charge in [0.1, 0.15) is 11.5 Å². The van der Waals surface area contributed by atoms with E-state index in [-0.39, 0.29) is 0 Å². The van der Waals surface area contributed by atoms with Crippen molar-refractivity contribution in [1.82, 2.24) is 24.9 Å². The third-order valence-corrected chi connectivity index (χ3v) is 6.03. The van der Waals surface area contributed by atoms with E-state index in [0.29, 0.717) is 62.0 Å². The summed E-state index contributed by atoms with van der Waals surface area (Å²) in [5.74, 6) is 3.36. The summed E-state index contributed by atoms with van der Waals surface area (Å²) in [6, 6.07) is 10.8. The number of hydrogen-bond donors (Lipinski definition) is 0. The first-order valence-electron chi connectivity index (χ1n) is 9.61. The summed E-state index contributed by atoms with van der Waals surface area (Å²) < 4.78 is 17.9. The van der Waals surface area contributed by atoms with Crippen LogP contribution in [-0.2, 0) is 12.2 Å². The van der Waals surface area contributed by atoms with Crippen LogP contribution in [0.4, 0.5) is 0 Å². The molecule has 0 spiro atoms. The van der Waals surface area contributed by atoms with E-state index in [2.05, 4.69) is 20.3 Å². The third-order valence-electron chi connectivity index (χ3n) is 4.57. The fourth-order valence-corrected chi connectivity index (χ4v) is 4.26. The molecule has 2 aromatic heterocycles. The SMILES string of the molecule is CCc1nc(CSc2nnc(-c3cc(Cl)ccc3OC)n2-c2ccc(OC)c(Cl)c2)no1. The summed E-state index contributed by atoms with van der Waals surface area (Å²) in [5, 5.41) is 14.5. The molecule has 11 heteroatoms. The van der Waals surface area contributed by atoms with Crippen LogP contribution in [0, 0.1) is 0 Å². The third kappa shape index (κ3) is 4.55. The van der Waals surface area contributed by atoms with Gasteiger partial charge in [0.05, 0.1) is 36.2 Å². The second-order valence-electron chi connectivity index (χ2n) is 6.55. The number of aryl methyl sites for hydroxylation is 1. The minimum atomic E-state index is 0.457. The van der Waals surface area contributed by atoms with Crippen molar-refractivity contribution in [3.8, 4) is 28.6 Å². The van der Waals surface area contributed by atoms with Gasteiger partial charge < -0.3 is 14.0 Å². The highest BCUT2D eigenvalue weighted by Crippen LogP contribution is 2.37. The Hall–Kier alpha value is -2.75. The van der Waals surface area contributed by atoms with Crippen molar-refractivity contribution in [2.45, 2.75) is 24.3 Å². The van der Waals surface area contributed by atoms with Gasteiger partial charge in [0.25, 0.3) is 0 Å². The van der Waals surface area contributed by atoms with Gasteiger partial charge in [0.2, 0.25) is 5.89 Å². The van der Waals surface area contributed by atoms with Gasteiger partial charge in [-0.05, 0) is 36.4 Å². The van der Waals surface area contributed by atoms with Gasteiger partial charge in [-0.1, -0.05) is 47.0 Å². The largest absolute Gasteiger partial charge is 0.496 e. The Morgan fingerprint density at radius 1 is 1.03 bits per heavy atom. The average Bonchev–Trinajstić information content (AvgIpc) is 3.44. The van der Waals surface area contributed by atoms with Crippen LogP contribution in [0.3, 0.4) is 0 Å². The van der Waals surface area contributed by atoms with Crippen LogP contribution in [0.15, 0.2) is 46.1 Å². The van der Waals surface area contributed by atoms with Crippen molar-refractivity contribution >= 4 is 35.0 Å². The zero-order chi connectivity index (χ0) is 22.7. The summed E-state index contributed by atoms with van der Waals surface area (Å²) >= 11 is 14.1. The molecule has 0 aliphatic heterocycles. The van der Waals surface area contributed by atoms with Gasteiger partial charge in [0.15, 0.2) is 16.8 Å². The molecule has 2 aromatic carbocycles. The van der Waals surface area contributed by atoms with E-state index in [1.807, 2.05) is 17.6 Å². The van der Waals surface area contributed by atoms with Crippen LogP contribution in [0.1, 0.15) is 18.6 Å². The monoisotopic (exact) mass is 491 g/mol. The summed E-state index contributed by atoms with van der Waals surface area (Å²) in [7, 11) is 3.16. The molecule has 0 fully saturated rings. The second-order valence-corrected chi connectivity index (χ2v) is 8.34. The topological polar surface area (TPSA) is 88.1 Å². The summed E-state index contributed by atoms with van der Waals surface area (Å²) in [6.45, 7) is 1.96. The lowest BCUT2D eigenvalue weighted by Gasteiger charge is -2.14. The van der Waals surface area contributed by atoms with E-state index in [4.69, 9.17) is 37.2 Å². The average molecular weight is 492 g/mol. The number of halogens is 2. The maximum Gasteiger partial charge on any atom is 0.226 e. The van der Waals surface area contributed by atoms with E-state index in [9.17, 15) is 0 Å². The Kier molecular flexibility index (Phi) is 6.88. The minimum Gasteiger partial charge on any atom is -0.496 e. The van der Waals surface area contributed by atoms with Crippen molar-refractivity contribution in [3.05, 3.63) is 58.2 Å². The van der Waals surface area contributed by atoms with Crippen LogP contribution >= 0.6 is 35.0 Å². The molecule has 8 nitrogen and oxygen atoms in total. The fraction of sp³-hybridized carbons (Fsp3) is 0.238. The highest BCUT2D eigenvalue weighted by Gasteiger charge is 2.21. The van der Waals surface area contributed by atoms with E-state index in [1.54, 1.807) is 44.6 Å². The Morgan fingerprint density at radius 3 is 2.50 bits per heavy atom. The Labute approximate surface area is 198 Å². The lowest BCUT2D eigenvalue weighted by molar-refractivity contribution is 0.378. The van der Waals surface area contributed by atoms with Gasteiger partial charge in [-0.25, -0.2) is 0 Å². The summed E-state index contributed by atoms with van der Waals surface area (Å²) in [6.07, 6.45) is 0.677. The number of benzene rings is 2. The van der Waals surface area contributed by atoms with Gasteiger partial charge in [-0.2, -0.15) is 4.98 Å². The molecule has 32 heavy (non-hydrogen) atoms. The summed E-state index contributed by atoms with van der Waals surface area (Å²) in [5.41, 5.74) is 1.45. The smallest absolute Gasteiger partial charge is 0.226 e. The number of nitrogens with zero attached hydrogens (tertiary/aromatic N) is 5. The van der Waals surface area contributed by atoms with Gasteiger partial charge >= 0.3 is 0 Å². The van der Waals surface area contributed by atoms with Crippen molar-refractivity contribution in [3.63, 3.8) is 0 Å². The van der Waals surface area contributed by atoms with E-state index in [1.165, 1.54) is 11.8 Å². The van der Waals surface area contributed by atoms with Crippen molar-refractivity contribution in [2.24, 2.45) is 0 Å². The molecule has 0 amide bonds. The molecule has 0 unspecified atom stereocenters. The maximum absolute atomic E-state index is 6.41. The molecule has 0 radical (unpaired) electrons. The van der Waals surface area contributed by atoms with E-state index in [0.717, 1.165) is 5.69 Å². The first-order valence-corrected chi connectivity index (χ1v) is 11.4. The van der Waals surface area contributed by atoms with E-state index >= 15 is 0 Å². The van der Waals surface area contributed by atoms with Crippen LogP contribution in [0.25, 0.3) is 17.1 Å². The molecule has 0 aliphatic rings. The molecule has 2 heterocycles. The number of ether oxygens (including phenoxy) is 2. The highest BCUT2D eigenvalue weighted by atomic mass is 35.5. The molecule has 0 saturated heterocycles. The molecule has 0 atom stereocenters. The van der Waals surface area contributed by atoms with Gasteiger partial charge in [-0.3, -0.25) is 4.57 Å². The molecule has 4 rings (SSSR count). The normalized spacial score (nSPS) is 11.0.